The Kier molecular flexibility index (Phi) is 4.56. The SMILES string of the molecule is O=C(CN1CCCCC1)N1CCC(c2c[nH]c3ccccc23)CC1. The fraction of sp³-hybridized carbons (Fsp3) is 0.550. The number of aromatic nitrogens is 1. The molecular formula is C20H27N3O. The van der Waals surface area contributed by atoms with E-state index in [0.29, 0.717) is 18.4 Å². The van der Waals surface area contributed by atoms with Crippen LogP contribution >= 0.6 is 0 Å². The number of para-hydroxylation sites is 1. The van der Waals surface area contributed by atoms with Crippen LogP contribution in [0.4, 0.5) is 0 Å². The molecule has 2 saturated heterocycles. The summed E-state index contributed by atoms with van der Waals surface area (Å²) in [6, 6.07) is 8.52. The van der Waals surface area contributed by atoms with Gasteiger partial charge in [-0.1, -0.05) is 24.6 Å². The van der Waals surface area contributed by atoms with Gasteiger partial charge in [0.15, 0.2) is 0 Å². The van der Waals surface area contributed by atoms with Gasteiger partial charge in [-0.15, -0.1) is 0 Å². The van der Waals surface area contributed by atoms with Crippen molar-refractivity contribution in [3.63, 3.8) is 0 Å². The lowest BCUT2D eigenvalue weighted by Gasteiger charge is -2.34. The summed E-state index contributed by atoms with van der Waals surface area (Å²) in [5.41, 5.74) is 2.64. The monoisotopic (exact) mass is 325 g/mol. The van der Waals surface area contributed by atoms with Crippen LogP contribution in [-0.4, -0.2) is 53.4 Å². The van der Waals surface area contributed by atoms with Crippen molar-refractivity contribution in [2.75, 3.05) is 32.7 Å². The van der Waals surface area contributed by atoms with Crippen molar-refractivity contribution >= 4 is 16.8 Å². The quantitative estimate of drug-likeness (QED) is 0.940. The van der Waals surface area contributed by atoms with Crippen LogP contribution in [0.5, 0.6) is 0 Å². The zero-order valence-corrected chi connectivity index (χ0v) is 14.3. The molecule has 3 heterocycles. The smallest absolute Gasteiger partial charge is 0.236 e. The molecule has 0 radical (unpaired) electrons. The van der Waals surface area contributed by atoms with Gasteiger partial charge in [-0.2, -0.15) is 0 Å². The maximum atomic E-state index is 12.5. The van der Waals surface area contributed by atoms with E-state index in [-0.39, 0.29) is 0 Å². The third kappa shape index (κ3) is 3.20. The number of fused-ring (bicyclic) bond motifs is 1. The minimum atomic E-state index is 0.328. The van der Waals surface area contributed by atoms with Crippen molar-refractivity contribution in [3.8, 4) is 0 Å². The molecule has 1 aromatic carbocycles. The largest absolute Gasteiger partial charge is 0.361 e. The normalized spacial score (nSPS) is 20.6. The average molecular weight is 325 g/mol. The molecule has 2 fully saturated rings. The number of carbonyl (C=O) groups excluding carboxylic acids is 1. The summed E-state index contributed by atoms with van der Waals surface area (Å²) in [5, 5.41) is 1.34. The molecule has 1 amide bonds. The molecule has 0 aliphatic carbocycles. The van der Waals surface area contributed by atoms with Gasteiger partial charge in [-0.25, -0.2) is 0 Å². The number of carbonyl (C=O) groups is 1. The number of amides is 1. The molecule has 4 rings (SSSR count). The number of rotatable bonds is 3. The highest BCUT2D eigenvalue weighted by Crippen LogP contribution is 2.33. The zero-order valence-electron chi connectivity index (χ0n) is 14.3. The van der Waals surface area contributed by atoms with E-state index in [9.17, 15) is 4.79 Å². The van der Waals surface area contributed by atoms with Gasteiger partial charge in [0.25, 0.3) is 0 Å². The Bertz CT molecular complexity index is 694. The molecule has 0 spiro atoms. The number of nitrogens with zero attached hydrogens (tertiary/aromatic N) is 2. The Morgan fingerprint density at radius 2 is 1.79 bits per heavy atom. The lowest BCUT2D eigenvalue weighted by molar-refractivity contribution is -0.133. The van der Waals surface area contributed by atoms with Crippen LogP contribution in [0.15, 0.2) is 30.5 Å². The molecule has 128 valence electrons. The highest BCUT2D eigenvalue weighted by atomic mass is 16.2. The van der Waals surface area contributed by atoms with Crippen LogP contribution in [0, 0.1) is 0 Å². The summed E-state index contributed by atoms with van der Waals surface area (Å²) in [7, 11) is 0. The Morgan fingerprint density at radius 1 is 1.04 bits per heavy atom. The first-order valence-electron chi connectivity index (χ1n) is 9.37. The lowest BCUT2D eigenvalue weighted by Crippen LogP contribution is -2.45. The van der Waals surface area contributed by atoms with Gasteiger partial charge in [0, 0.05) is 30.2 Å². The summed E-state index contributed by atoms with van der Waals surface area (Å²) in [4.78, 5) is 20.4. The topological polar surface area (TPSA) is 39.3 Å². The maximum Gasteiger partial charge on any atom is 0.236 e. The molecule has 0 atom stereocenters. The zero-order chi connectivity index (χ0) is 16.4. The van der Waals surface area contributed by atoms with Crippen LogP contribution in [0.3, 0.4) is 0 Å². The standard InChI is InChI=1S/C20H27N3O/c24-20(15-22-10-4-1-5-11-22)23-12-8-16(9-13-23)18-14-21-19-7-3-2-6-17(18)19/h2-3,6-7,14,16,21H,1,4-5,8-13,15H2. The van der Waals surface area contributed by atoms with Crippen molar-refractivity contribution in [1.82, 2.24) is 14.8 Å². The van der Waals surface area contributed by atoms with E-state index in [1.165, 1.54) is 35.7 Å². The predicted molar refractivity (Wildman–Crippen MR) is 97.1 cm³/mol. The van der Waals surface area contributed by atoms with E-state index in [4.69, 9.17) is 0 Å². The van der Waals surface area contributed by atoms with E-state index in [0.717, 1.165) is 39.0 Å². The van der Waals surface area contributed by atoms with Gasteiger partial charge >= 0.3 is 0 Å². The van der Waals surface area contributed by atoms with Gasteiger partial charge in [-0.05, 0) is 56.3 Å². The molecule has 2 aliphatic rings. The number of likely N-dealkylation sites (tertiary alicyclic amines) is 2. The predicted octanol–water partition coefficient (Wildman–Crippen LogP) is 3.36. The molecule has 0 bridgehead atoms. The Balaban J connectivity index is 1.35. The first-order valence-corrected chi connectivity index (χ1v) is 9.37. The van der Waals surface area contributed by atoms with Gasteiger partial charge < -0.3 is 9.88 Å². The first-order chi connectivity index (χ1) is 11.8. The Morgan fingerprint density at radius 3 is 2.58 bits per heavy atom. The average Bonchev–Trinajstić information content (AvgIpc) is 3.07. The molecule has 2 aromatic rings. The number of nitrogens with one attached hydrogen (secondary N) is 1. The molecule has 24 heavy (non-hydrogen) atoms. The lowest BCUT2D eigenvalue weighted by atomic mass is 9.89. The molecular weight excluding hydrogens is 298 g/mol. The van der Waals surface area contributed by atoms with E-state index in [2.05, 4.69) is 45.2 Å². The van der Waals surface area contributed by atoms with Crippen LogP contribution < -0.4 is 0 Å². The molecule has 0 saturated carbocycles. The van der Waals surface area contributed by atoms with E-state index in [1.54, 1.807) is 0 Å². The van der Waals surface area contributed by atoms with Crippen LogP contribution in [0.25, 0.3) is 10.9 Å². The van der Waals surface area contributed by atoms with E-state index >= 15 is 0 Å². The summed E-state index contributed by atoms with van der Waals surface area (Å²) in [6.45, 7) is 4.61. The fourth-order valence-electron chi connectivity index (χ4n) is 4.28. The summed E-state index contributed by atoms with van der Waals surface area (Å²) < 4.78 is 0. The molecule has 1 N–H and O–H groups in total. The second kappa shape index (κ2) is 6.98. The number of hydrogen-bond acceptors (Lipinski definition) is 2. The molecule has 0 unspecified atom stereocenters. The number of benzene rings is 1. The third-order valence-corrected chi connectivity index (χ3v) is 5.72. The van der Waals surface area contributed by atoms with E-state index in [1.807, 2.05) is 0 Å². The van der Waals surface area contributed by atoms with Crippen molar-refractivity contribution in [2.24, 2.45) is 0 Å². The second-order valence-corrected chi connectivity index (χ2v) is 7.28. The van der Waals surface area contributed by atoms with Crippen molar-refractivity contribution in [1.29, 1.82) is 0 Å². The minimum absolute atomic E-state index is 0.328. The second-order valence-electron chi connectivity index (χ2n) is 7.28. The molecule has 4 nitrogen and oxygen atoms in total. The van der Waals surface area contributed by atoms with Crippen molar-refractivity contribution < 1.29 is 4.79 Å². The van der Waals surface area contributed by atoms with E-state index < -0.39 is 0 Å². The molecule has 2 aliphatic heterocycles. The maximum absolute atomic E-state index is 12.5. The third-order valence-electron chi connectivity index (χ3n) is 5.72. The summed E-state index contributed by atoms with van der Waals surface area (Å²) >= 11 is 0. The number of H-pyrrole nitrogens is 1. The Labute approximate surface area is 143 Å². The van der Waals surface area contributed by atoms with Gasteiger partial charge in [0.05, 0.1) is 6.54 Å². The van der Waals surface area contributed by atoms with Gasteiger partial charge in [0.1, 0.15) is 0 Å². The number of piperidine rings is 2. The summed E-state index contributed by atoms with van der Waals surface area (Å²) in [5.74, 6) is 0.898. The van der Waals surface area contributed by atoms with Crippen LogP contribution in [-0.2, 0) is 4.79 Å². The van der Waals surface area contributed by atoms with Crippen LogP contribution in [0.1, 0.15) is 43.6 Å². The number of hydrogen-bond donors (Lipinski definition) is 1. The number of aromatic amines is 1. The van der Waals surface area contributed by atoms with Crippen molar-refractivity contribution in [3.05, 3.63) is 36.0 Å². The van der Waals surface area contributed by atoms with Crippen molar-refractivity contribution in [2.45, 2.75) is 38.0 Å². The van der Waals surface area contributed by atoms with Gasteiger partial charge in [0.2, 0.25) is 5.91 Å². The Hall–Kier alpha value is -1.81. The highest BCUT2D eigenvalue weighted by molar-refractivity contribution is 5.83. The van der Waals surface area contributed by atoms with Crippen LogP contribution in [0.2, 0.25) is 0 Å². The first kappa shape index (κ1) is 15.7. The molecule has 4 heteroatoms. The molecule has 1 aromatic heterocycles. The fourth-order valence-corrected chi connectivity index (χ4v) is 4.28. The van der Waals surface area contributed by atoms with Gasteiger partial charge in [-0.3, -0.25) is 9.69 Å². The summed E-state index contributed by atoms with van der Waals surface area (Å²) in [6.07, 6.45) is 8.13. The highest BCUT2D eigenvalue weighted by Gasteiger charge is 2.26. The minimum Gasteiger partial charge on any atom is -0.361 e.